The lowest BCUT2D eigenvalue weighted by Gasteiger charge is -2.11. The van der Waals surface area contributed by atoms with Crippen LogP contribution < -0.4 is 4.74 Å². The molecule has 0 saturated heterocycles. The van der Waals surface area contributed by atoms with Gasteiger partial charge >= 0.3 is 0 Å². The van der Waals surface area contributed by atoms with E-state index in [4.69, 9.17) is 4.74 Å². The summed E-state index contributed by atoms with van der Waals surface area (Å²) in [6.07, 6.45) is 2.47. The van der Waals surface area contributed by atoms with Crippen molar-refractivity contribution in [2.45, 2.75) is 26.7 Å². The third-order valence-corrected chi connectivity index (χ3v) is 2.85. The molecule has 0 amide bonds. The first-order valence-electron chi connectivity index (χ1n) is 5.10. The van der Waals surface area contributed by atoms with E-state index in [0.717, 1.165) is 12.4 Å². The normalized spacial score (nSPS) is 12.5. The lowest BCUT2D eigenvalue weighted by molar-refractivity contribution is 0.251. The molecule has 0 spiro atoms. The summed E-state index contributed by atoms with van der Waals surface area (Å²) in [6.45, 7) is 5.27. The molecular weight excluding hydrogens is 287 g/mol. The maximum absolute atomic E-state index is 5.67. The summed E-state index contributed by atoms with van der Waals surface area (Å²) in [5.41, 5.74) is 0. The molecule has 1 rings (SSSR count). The van der Waals surface area contributed by atoms with Crippen LogP contribution in [0.15, 0.2) is 24.3 Å². The molecule has 0 saturated carbocycles. The molecule has 0 aliphatic carbocycles. The average Bonchev–Trinajstić information content (AvgIpc) is 2.17. The van der Waals surface area contributed by atoms with Crippen LogP contribution in [0.5, 0.6) is 5.75 Å². The Labute approximate surface area is 100.0 Å². The SMILES string of the molecule is CCCC(C)COc1ccc(I)cc1. The Bertz CT molecular complexity index is 256. The molecule has 1 unspecified atom stereocenters. The highest BCUT2D eigenvalue weighted by molar-refractivity contribution is 14.1. The van der Waals surface area contributed by atoms with Crippen LogP contribution >= 0.6 is 22.6 Å². The molecule has 0 aliphatic heterocycles. The van der Waals surface area contributed by atoms with E-state index in [1.807, 2.05) is 12.1 Å². The molecule has 0 radical (unpaired) electrons. The molecule has 1 atom stereocenters. The lowest BCUT2D eigenvalue weighted by atomic mass is 10.1. The van der Waals surface area contributed by atoms with Crippen LogP contribution in [0.3, 0.4) is 0 Å². The van der Waals surface area contributed by atoms with Gasteiger partial charge in [0, 0.05) is 3.57 Å². The number of halogens is 1. The van der Waals surface area contributed by atoms with E-state index in [2.05, 4.69) is 48.6 Å². The van der Waals surface area contributed by atoms with Crippen LogP contribution in [0.4, 0.5) is 0 Å². The fourth-order valence-corrected chi connectivity index (χ4v) is 1.71. The maximum Gasteiger partial charge on any atom is 0.119 e. The van der Waals surface area contributed by atoms with Crippen molar-refractivity contribution < 1.29 is 4.74 Å². The first kappa shape index (κ1) is 11.8. The molecule has 0 aliphatic rings. The molecule has 1 aromatic rings. The third kappa shape index (κ3) is 4.31. The van der Waals surface area contributed by atoms with E-state index in [-0.39, 0.29) is 0 Å². The molecule has 1 aromatic carbocycles. The minimum Gasteiger partial charge on any atom is -0.493 e. The zero-order valence-corrected chi connectivity index (χ0v) is 11.0. The van der Waals surface area contributed by atoms with Crippen molar-refractivity contribution in [3.8, 4) is 5.75 Å². The van der Waals surface area contributed by atoms with Gasteiger partial charge in [0.1, 0.15) is 5.75 Å². The summed E-state index contributed by atoms with van der Waals surface area (Å²) in [5, 5.41) is 0. The van der Waals surface area contributed by atoms with Crippen molar-refractivity contribution in [3.05, 3.63) is 27.8 Å². The lowest BCUT2D eigenvalue weighted by Crippen LogP contribution is -2.07. The van der Waals surface area contributed by atoms with Crippen LogP contribution in [-0.4, -0.2) is 6.61 Å². The number of rotatable bonds is 5. The van der Waals surface area contributed by atoms with Gasteiger partial charge in [0.25, 0.3) is 0 Å². The van der Waals surface area contributed by atoms with Gasteiger partial charge in [0.15, 0.2) is 0 Å². The first-order chi connectivity index (χ1) is 6.72. The van der Waals surface area contributed by atoms with E-state index in [1.54, 1.807) is 0 Å². The molecule has 0 fully saturated rings. The predicted octanol–water partition coefficient (Wildman–Crippen LogP) is 4.11. The second kappa shape index (κ2) is 6.27. The van der Waals surface area contributed by atoms with E-state index in [0.29, 0.717) is 5.92 Å². The van der Waals surface area contributed by atoms with Crippen molar-refractivity contribution in [1.82, 2.24) is 0 Å². The van der Waals surface area contributed by atoms with E-state index >= 15 is 0 Å². The summed E-state index contributed by atoms with van der Waals surface area (Å²) in [4.78, 5) is 0. The van der Waals surface area contributed by atoms with Gasteiger partial charge in [0.05, 0.1) is 6.61 Å². The molecule has 0 heterocycles. The molecule has 0 bridgehead atoms. The molecule has 78 valence electrons. The largest absolute Gasteiger partial charge is 0.493 e. The number of benzene rings is 1. The van der Waals surface area contributed by atoms with E-state index in [9.17, 15) is 0 Å². The van der Waals surface area contributed by atoms with Crippen LogP contribution in [0.1, 0.15) is 26.7 Å². The number of ether oxygens (including phenoxy) is 1. The van der Waals surface area contributed by atoms with Gasteiger partial charge in [-0.15, -0.1) is 0 Å². The standard InChI is InChI=1S/C12H17IO/c1-3-4-10(2)9-14-12-7-5-11(13)6-8-12/h5-8,10H,3-4,9H2,1-2H3. The predicted molar refractivity (Wildman–Crippen MR) is 68.7 cm³/mol. The van der Waals surface area contributed by atoms with Crippen LogP contribution in [0, 0.1) is 9.49 Å². The minimum atomic E-state index is 0.652. The monoisotopic (exact) mass is 304 g/mol. The quantitative estimate of drug-likeness (QED) is 0.744. The molecule has 0 N–H and O–H groups in total. The van der Waals surface area contributed by atoms with Crippen molar-refractivity contribution in [2.75, 3.05) is 6.61 Å². The first-order valence-corrected chi connectivity index (χ1v) is 6.18. The van der Waals surface area contributed by atoms with Crippen molar-refractivity contribution in [2.24, 2.45) is 5.92 Å². The molecule has 2 heteroatoms. The van der Waals surface area contributed by atoms with Crippen molar-refractivity contribution in [1.29, 1.82) is 0 Å². The summed E-state index contributed by atoms with van der Waals surface area (Å²) < 4.78 is 6.92. The highest BCUT2D eigenvalue weighted by Gasteiger charge is 2.01. The number of hydrogen-bond acceptors (Lipinski definition) is 1. The number of hydrogen-bond donors (Lipinski definition) is 0. The smallest absolute Gasteiger partial charge is 0.119 e. The van der Waals surface area contributed by atoms with Crippen LogP contribution in [0.2, 0.25) is 0 Å². The summed E-state index contributed by atoms with van der Waals surface area (Å²) >= 11 is 2.30. The zero-order valence-electron chi connectivity index (χ0n) is 8.79. The Kier molecular flexibility index (Phi) is 5.30. The summed E-state index contributed by atoms with van der Waals surface area (Å²) in [5.74, 6) is 1.63. The third-order valence-electron chi connectivity index (χ3n) is 2.13. The van der Waals surface area contributed by atoms with Gasteiger partial charge in [0.2, 0.25) is 0 Å². The van der Waals surface area contributed by atoms with E-state index in [1.165, 1.54) is 16.4 Å². The zero-order chi connectivity index (χ0) is 10.4. The topological polar surface area (TPSA) is 9.23 Å². The minimum absolute atomic E-state index is 0.652. The Morgan fingerprint density at radius 3 is 2.50 bits per heavy atom. The van der Waals surface area contributed by atoms with Gasteiger partial charge in [-0.3, -0.25) is 0 Å². The fourth-order valence-electron chi connectivity index (χ4n) is 1.35. The van der Waals surface area contributed by atoms with Gasteiger partial charge in [-0.1, -0.05) is 20.3 Å². The van der Waals surface area contributed by atoms with Crippen LogP contribution in [-0.2, 0) is 0 Å². The van der Waals surface area contributed by atoms with Crippen molar-refractivity contribution >= 4 is 22.6 Å². The second-order valence-corrected chi connectivity index (χ2v) is 4.90. The van der Waals surface area contributed by atoms with Gasteiger partial charge in [-0.05, 0) is 59.2 Å². The molecule has 1 nitrogen and oxygen atoms in total. The fraction of sp³-hybridized carbons (Fsp3) is 0.500. The van der Waals surface area contributed by atoms with Gasteiger partial charge < -0.3 is 4.74 Å². The summed E-state index contributed by atoms with van der Waals surface area (Å²) in [6, 6.07) is 8.20. The Morgan fingerprint density at radius 2 is 1.93 bits per heavy atom. The second-order valence-electron chi connectivity index (χ2n) is 3.66. The molecule has 0 aromatic heterocycles. The van der Waals surface area contributed by atoms with Crippen LogP contribution in [0.25, 0.3) is 0 Å². The van der Waals surface area contributed by atoms with Crippen molar-refractivity contribution in [3.63, 3.8) is 0 Å². The summed E-state index contributed by atoms with van der Waals surface area (Å²) in [7, 11) is 0. The van der Waals surface area contributed by atoms with E-state index < -0.39 is 0 Å². The average molecular weight is 304 g/mol. The Hall–Kier alpha value is -0.250. The highest BCUT2D eigenvalue weighted by Crippen LogP contribution is 2.15. The van der Waals surface area contributed by atoms with Gasteiger partial charge in [-0.2, -0.15) is 0 Å². The Morgan fingerprint density at radius 1 is 1.29 bits per heavy atom. The van der Waals surface area contributed by atoms with Gasteiger partial charge in [-0.25, -0.2) is 0 Å². The molecule has 14 heavy (non-hydrogen) atoms. The molecular formula is C12H17IO. The highest BCUT2D eigenvalue weighted by atomic mass is 127. The Balaban J connectivity index is 2.34. The maximum atomic E-state index is 5.67.